The maximum atomic E-state index is 13.3. The Bertz CT molecular complexity index is 1570. The van der Waals surface area contributed by atoms with Crippen LogP contribution >= 0.6 is 11.3 Å². The Balaban J connectivity index is 1.20. The zero-order valence-corrected chi connectivity index (χ0v) is 31.2. The predicted molar refractivity (Wildman–Crippen MR) is 201 cm³/mol. The predicted octanol–water partition coefficient (Wildman–Crippen LogP) is 7.65. The molecule has 10 heteroatoms. The van der Waals surface area contributed by atoms with Gasteiger partial charge in [0.15, 0.2) is 5.82 Å². The number of carboxylic acid groups (broad SMARTS) is 1. The Morgan fingerprint density at radius 1 is 0.880 bits per heavy atom. The molecule has 1 saturated heterocycles. The summed E-state index contributed by atoms with van der Waals surface area (Å²) in [4.78, 5) is 51.6. The summed E-state index contributed by atoms with van der Waals surface area (Å²) in [7, 11) is 0. The minimum absolute atomic E-state index is 0.106. The molecule has 2 amide bonds. The number of hydrogen-bond acceptors (Lipinski definition) is 7. The van der Waals surface area contributed by atoms with Gasteiger partial charge in [-0.25, -0.2) is 14.8 Å². The lowest BCUT2D eigenvalue weighted by Gasteiger charge is -2.39. The number of carbonyl (C=O) groups excluding carboxylic acids is 2. The van der Waals surface area contributed by atoms with Crippen molar-refractivity contribution in [1.29, 1.82) is 0 Å². The number of benzene rings is 1. The third-order valence-corrected chi connectivity index (χ3v) is 12.2. The first-order valence-corrected chi connectivity index (χ1v) is 19.4. The van der Waals surface area contributed by atoms with Gasteiger partial charge in [-0.3, -0.25) is 9.59 Å². The van der Waals surface area contributed by atoms with Gasteiger partial charge in [-0.2, -0.15) is 0 Å². The Labute approximate surface area is 301 Å². The zero-order chi connectivity index (χ0) is 35.8. The molecule has 3 heterocycles. The maximum Gasteiger partial charge on any atom is 0.326 e. The molecule has 5 rings (SSSR count). The monoisotopic (exact) mass is 701 g/mol. The van der Waals surface area contributed by atoms with E-state index in [1.807, 2.05) is 42.7 Å². The molecule has 1 aliphatic carbocycles. The molecule has 3 aromatic rings. The molecule has 270 valence electrons. The highest BCUT2D eigenvalue weighted by molar-refractivity contribution is 7.14. The van der Waals surface area contributed by atoms with Crippen LogP contribution in [0.5, 0.6) is 0 Å². The Kier molecular flexibility index (Phi) is 12.7. The fraction of sp³-hybridized carbons (Fsp3) is 0.575. The number of aliphatic carboxylic acids is 1. The van der Waals surface area contributed by atoms with Crippen LogP contribution in [0.25, 0.3) is 11.4 Å². The molecular formula is C40H55N5O4S. The summed E-state index contributed by atoms with van der Waals surface area (Å²) in [6, 6.07) is 9.34. The summed E-state index contributed by atoms with van der Waals surface area (Å²) in [5.74, 6) is 1.31. The van der Waals surface area contributed by atoms with Gasteiger partial charge >= 0.3 is 5.97 Å². The van der Waals surface area contributed by atoms with Crippen LogP contribution in [0.3, 0.4) is 0 Å². The molecule has 1 aromatic carbocycles. The molecule has 2 fully saturated rings. The average Bonchev–Trinajstić information content (AvgIpc) is 3.63. The number of amides is 2. The van der Waals surface area contributed by atoms with Crippen molar-refractivity contribution >= 4 is 34.8 Å². The van der Waals surface area contributed by atoms with Gasteiger partial charge in [0.05, 0.1) is 23.0 Å². The number of piperidine rings is 1. The lowest BCUT2D eigenvalue weighted by Crippen LogP contribution is -2.52. The van der Waals surface area contributed by atoms with Crippen LogP contribution in [-0.4, -0.2) is 58.0 Å². The first kappa shape index (κ1) is 37.5. The van der Waals surface area contributed by atoms with E-state index in [-0.39, 0.29) is 24.2 Å². The van der Waals surface area contributed by atoms with Gasteiger partial charge < -0.3 is 20.6 Å². The summed E-state index contributed by atoms with van der Waals surface area (Å²) >= 11 is 1.39. The summed E-state index contributed by atoms with van der Waals surface area (Å²) in [6.45, 7) is 12.4. The van der Waals surface area contributed by atoms with Crippen molar-refractivity contribution in [1.82, 2.24) is 20.6 Å². The second-order valence-corrected chi connectivity index (χ2v) is 16.4. The molecule has 50 heavy (non-hydrogen) atoms. The molecule has 2 atom stereocenters. The minimum Gasteiger partial charge on any atom is -0.480 e. The van der Waals surface area contributed by atoms with Crippen LogP contribution in [0.15, 0.2) is 48.8 Å². The topological polar surface area (TPSA) is 125 Å². The lowest BCUT2D eigenvalue weighted by atomic mass is 9.72. The van der Waals surface area contributed by atoms with Crippen LogP contribution in [-0.2, 0) is 21.4 Å². The van der Waals surface area contributed by atoms with Gasteiger partial charge in [-0.05, 0) is 73.0 Å². The standard InChI is InChI=1S/C40H55N5O4S/c1-6-8-26-9-13-28(14-10-26)29-19-21-45(22-20-29)31-24-41-36(42-25-31)30-15-11-27(12-16-30)23-33(37(46)43-32(7-2)39(48)49)44-38(47)34-17-18-35(50-34)40(3,4)5/h11-12,15-18,24-26,28-29,32-33H,6-10,13-14,19-23H2,1-5H3,(H,43,46)(H,44,47)(H,48,49)/t26?,28?,32-,33+/m1/s1. The third kappa shape index (κ3) is 9.71. The van der Waals surface area contributed by atoms with Gasteiger partial charge in [-0.15, -0.1) is 11.3 Å². The van der Waals surface area contributed by atoms with Crippen LogP contribution in [0, 0.1) is 17.8 Å². The fourth-order valence-corrected chi connectivity index (χ4v) is 8.52. The number of aromatic nitrogens is 2. The number of thiophene rings is 1. The molecular weight excluding hydrogens is 647 g/mol. The molecule has 1 aliphatic heterocycles. The van der Waals surface area contributed by atoms with Crippen LogP contribution in [0.2, 0.25) is 0 Å². The van der Waals surface area contributed by atoms with Crippen molar-refractivity contribution < 1.29 is 19.5 Å². The normalized spacial score (nSPS) is 19.8. The maximum absolute atomic E-state index is 13.3. The van der Waals surface area contributed by atoms with Crippen molar-refractivity contribution in [3.8, 4) is 11.4 Å². The number of anilines is 1. The Morgan fingerprint density at radius 2 is 1.52 bits per heavy atom. The van der Waals surface area contributed by atoms with E-state index in [4.69, 9.17) is 9.97 Å². The van der Waals surface area contributed by atoms with Gasteiger partial charge in [-0.1, -0.05) is 84.6 Å². The van der Waals surface area contributed by atoms with Crippen molar-refractivity contribution in [2.24, 2.45) is 17.8 Å². The number of carbonyl (C=O) groups is 3. The highest BCUT2D eigenvalue weighted by atomic mass is 32.1. The molecule has 0 bridgehead atoms. The minimum atomic E-state index is -1.11. The molecule has 2 aromatic heterocycles. The van der Waals surface area contributed by atoms with Crippen molar-refractivity contribution in [2.45, 2.75) is 116 Å². The third-order valence-electron chi connectivity index (χ3n) is 10.7. The molecule has 9 nitrogen and oxygen atoms in total. The lowest BCUT2D eigenvalue weighted by molar-refractivity contribution is -0.142. The first-order chi connectivity index (χ1) is 23.9. The van der Waals surface area contributed by atoms with Crippen LogP contribution < -0.4 is 15.5 Å². The van der Waals surface area contributed by atoms with E-state index in [1.54, 1.807) is 13.0 Å². The van der Waals surface area contributed by atoms with Gasteiger partial charge in [0.25, 0.3) is 5.91 Å². The number of nitrogens with zero attached hydrogens (tertiary/aromatic N) is 3. The summed E-state index contributed by atoms with van der Waals surface area (Å²) in [5.41, 5.74) is 2.63. The number of nitrogens with one attached hydrogen (secondary N) is 2. The van der Waals surface area contributed by atoms with Crippen molar-refractivity contribution in [3.05, 3.63) is 64.1 Å². The van der Waals surface area contributed by atoms with Crippen molar-refractivity contribution in [2.75, 3.05) is 18.0 Å². The second-order valence-electron chi connectivity index (χ2n) is 15.3. The van der Waals surface area contributed by atoms with E-state index in [2.05, 4.69) is 43.2 Å². The first-order valence-electron chi connectivity index (χ1n) is 18.6. The van der Waals surface area contributed by atoms with Gasteiger partial charge in [0, 0.05) is 30.0 Å². The number of carboxylic acids is 1. The second kappa shape index (κ2) is 16.9. The molecule has 0 radical (unpaired) electrons. The fourth-order valence-electron chi connectivity index (χ4n) is 7.56. The van der Waals surface area contributed by atoms with Gasteiger partial charge in [0.1, 0.15) is 12.1 Å². The van der Waals surface area contributed by atoms with E-state index in [0.717, 1.165) is 52.5 Å². The van der Waals surface area contributed by atoms with Crippen molar-refractivity contribution in [3.63, 3.8) is 0 Å². The Hall–Kier alpha value is -3.79. The van der Waals surface area contributed by atoms with E-state index < -0.39 is 24.0 Å². The smallest absolute Gasteiger partial charge is 0.326 e. The van der Waals surface area contributed by atoms with E-state index in [9.17, 15) is 19.5 Å². The highest BCUT2D eigenvalue weighted by Gasteiger charge is 2.31. The van der Waals surface area contributed by atoms with E-state index in [0.29, 0.717) is 10.7 Å². The summed E-state index contributed by atoms with van der Waals surface area (Å²) in [6.07, 6.45) is 15.1. The quantitative estimate of drug-likeness (QED) is 0.167. The van der Waals surface area contributed by atoms with Crippen LogP contribution in [0.1, 0.15) is 113 Å². The summed E-state index contributed by atoms with van der Waals surface area (Å²) in [5, 5.41) is 15.0. The highest BCUT2D eigenvalue weighted by Crippen LogP contribution is 2.39. The van der Waals surface area contributed by atoms with Gasteiger partial charge in [0.2, 0.25) is 5.91 Å². The van der Waals surface area contributed by atoms with E-state index >= 15 is 0 Å². The largest absolute Gasteiger partial charge is 0.480 e. The van der Waals surface area contributed by atoms with Crippen LogP contribution in [0.4, 0.5) is 5.69 Å². The molecule has 2 aliphatic rings. The number of hydrogen-bond donors (Lipinski definition) is 3. The zero-order valence-electron chi connectivity index (χ0n) is 30.4. The number of rotatable bonds is 13. The Morgan fingerprint density at radius 3 is 2.08 bits per heavy atom. The SMILES string of the molecule is CCCC1CCC(C2CCN(c3cnc(-c4ccc(C[C@H](NC(=O)c5ccc(C(C)(C)C)s5)C(=O)N[C@H](CC)C(=O)O)cc4)nc3)CC2)CC1. The molecule has 1 saturated carbocycles. The molecule has 0 spiro atoms. The molecule has 3 N–H and O–H groups in total. The molecule has 0 unspecified atom stereocenters. The average molecular weight is 702 g/mol. The van der Waals surface area contributed by atoms with E-state index in [1.165, 1.54) is 62.7 Å². The summed E-state index contributed by atoms with van der Waals surface area (Å²) < 4.78 is 0.